The molecule has 0 fully saturated rings. The Labute approximate surface area is 59.4 Å². The average Bonchev–Trinajstić information content (AvgIpc) is 1.88. The van der Waals surface area contributed by atoms with Crippen LogP contribution in [-0.4, -0.2) is 5.12 Å². The molecule has 0 unspecified atom stereocenters. The van der Waals surface area contributed by atoms with Crippen molar-refractivity contribution in [2.24, 2.45) is 0 Å². The molecule has 0 atom stereocenters. The highest BCUT2D eigenvalue weighted by Crippen LogP contribution is 2.14. The fourth-order valence-electron chi connectivity index (χ4n) is 0.707. The summed E-state index contributed by atoms with van der Waals surface area (Å²) in [6, 6.07) is 0. The first-order valence-electron chi connectivity index (χ1n) is 2.95. The molecule has 1 aliphatic heterocycles. The highest BCUT2D eigenvalue weighted by molar-refractivity contribution is 5.30. The van der Waals surface area contributed by atoms with E-state index in [1.54, 1.807) is 6.08 Å². The number of nitrogens with zero attached hydrogens (tertiary/aromatic N) is 1. The molecule has 0 radical (unpaired) electrons. The summed E-state index contributed by atoms with van der Waals surface area (Å²) in [4.78, 5) is 0. The van der Waals surface area contributed by atoms with Crippen LogP contribution in [-0.2, 0) is 0 Å². The first-order chi connectivity index (χ1) is 4.74. The maximum absolute atomic E-state index is 12.7. The van der Waals surface area contributed by atoms with Crippen molar-refractivity contribution in [3.8, 4) is 0 Å². The Bertz CT molecular complexity index is 244. The molecule has 0 aromatic rings. The molecule has 0 aromatic heterocycles. The summed E-state index contributed by atoms with van der Waals surface area (Å²) in [7, 11) is 0. The van der Waals surface area contributed by atoms with Gasteiger partial charge in [-0.3, -0.25) is 0 Å². The lowest BCUT2D eigenvalue weighted by molar-refractivity contribution is 0.142. The van der Waals surface area contributed by atoms with E-state index in [0.717, 1.165) is 5.57 Å². The summed E-state index contributed by atoms with van der Waals surface area (Å²) in [6.07, 6.45) is 4.82. The normalized spacial score (nSPS) is 16.8. The van der Waals surface area contributed by atoms with Gasteiger partial charge in [-0.05, 0) is 18.6 Å². The molecular weight excluding hydrogens is 129 g/mol. The molecule has 0 bridgehead atoms. The second-order valence-corrected chi connectivity index (χ2v) is 2.08. The minimum absolute atomic E-state index is 0.352. The van der Waals surface area contributed by atoms with Crippen molar-refractivity contribution in [2.45, 2.75) is 6.92 Å². The Hall–Kier alpha value is -1.27. The Morgan fingerprint density at radius 2 is 2.30 bits per heavy atom. The minimum Gasteiger partial charge on any atom is -0.179 e. The largest absolute Gasteiger partial charge is 0.179 e. The zero-order valence-corrected chi connectivity index (χ0v) is 5.76. The molecule has 52 valence electrons. The molecule has 1 aliphatic rings. The predicted octanol–water partition coefficient (Wildman–Crippen LogP) is 2.32. The van der Waals surface area contributed by atoms with Crippen molar-refractivity contribution >= 4 is 0 Å². The zero-order valence-electron chi connectivity index (χ0n) is 5.76. The summed E-state index contributed by atoms with van der Waals surface area (Å²) in [5.74, 6) is 0. The van der Waals surface area contributed by atoms with E-state index in [4.69, 9.17) is 0 Å². The molecule has 0 saturated heterocycles. The summed E-state index contributed by atoms with van der Waals surface area (Å²) in [5.41, 5.74) is 3.69. The monoisotopic (exact) mass is 137 g/mol. The van der Waals surface area contributed by atoms with Gasteiger partial charge >= 0.3 is 0 Å². The molecule has 0 aromatic carbocycles. The highest BCUT2D eigenvalue weighted by atomic mass is 19.2. The Balaban J connectivity index is 2.95. The van der Waals surface area contributed by atoms with E-state index in [-0.39, 0.29) is 0 Å². The molecule has 0 saturated carbocycles. The van der Waals surface area contributed by atoms with Crippen LogP contribution in [0.25, 0.3) is 0 Å². The van der Waals surface area contributed by atoms with E-state index in [1.165, 1.54) is 6.20 Å². The third-order valence-corrected chi connectivity index (χ3v) is 1.23. The van der Waals surface area contributed by atoms with E-state index in [9.17, 15) is 4.48 Å². The van der Waals surface area contributed by atoms with Crippen LogP contribution in [0.2, 0.25) is 0 Å². The zero-order chi connectivity index (χ0) is 7.56. The van der Waals surface area contributed by atoms with Gasteiger partial charge in [-0.2, -0.15) is 5.12 Å². The van der Waals surface area contributed by atoms with Gasteiger partial charge in [-0.25, -0.2) is 0 Å². The second kappa shape index (κ2) is 2.54. The fourth-order valence-corrected chi connectivity index (χ4v) is 0.707. The number of hydrogen-bond donors (Lipinski definition) is 0. The van der Waals surface area contributed by atoms with E-state index in [0.29, 0.717) is 10.8 Å². The van der Waals surface area contributed by atoms with Gasteiger partial charge in [0, 0.05) is 6.20 Å². The Morgan fingerprint density at radius 3 is 2.80 bits per heavy atom. The summed E-state index contributed by atoms with van der Waals surface area (Å²) in [6.45, 7) is 5.16. The predicted molar refractivity (Wildman–Crippen MR) is 38.5 cm³/mol. The van der Waals surface area contributed by atoms with Crippen molar-refractivity contribution in [1.82, 2.24) is 5.12 Å². The van der Waals surface area contributed by atoms with Gasteiger partial charge in [0.1, 0.15) is 5.70 Å². The summed E-state index contributed by atoms with van der Waals surface area (Å²) >= 11 is 0. The van der Waals surface area contributed by atoms with Crippen molar-refractivity contribution in [3.63, 3.8) is 0 Å². The lowest BCUT2D eigenvalue weighted by Gasteiger charge is -2.11. The number of halogens is 1. The van der Waals surface area contributed by atoms with Crippen molar-refractivity contribution in [2.75, 3.05) is 0 Å². The first-order valence-corrected chi connectivity index (χ1v) is 2.95. The molecule has 2 heteroatoms. The van der Waals surface area contributed by atoms with Crippen LogP contribution in [0.1, 0.15) is 6.92 Å². The van der Waals surface area contributed by atoms with Gasteiger partial charge < -0.3 is 0 Å². The molecule has 1 heterocycles. The molecule has 0 amide bonds. The third kappa shape index (κ3) is 1.17. The first kappa shape index (κ1) is 6.84. The van der Waals surface area contributed by atoms with E-state index < -0.39 is 0 Å². The van der Waals surface area contributed by atoms with Crippen molar-refractivity contribution in [1.29, 1.82) is 0 Å². The van der Waals surface area contributed by atoms with Crippen molar-refractivity contribution < 1.29 is 4.48 Å². The SMILES string of the molecule is C=C=C1C=CC(C)=CN1F. The smallest absolute Gasteiger partial charge is 0.115 e. The van der Waals surface area contributed by atoms with Gasteiger partial charge in [0.15, 0.2) is 0 Å². The maximum Gasteiger partial charge on any atom is 0.115 e. The molecule has 1 rings (SSSR count). The average molecular weight is 137 g/mol. The van der Waals surface area contributed by atoms with Gasteiger partial charge in [0.2, 0.25) is 0 Å². The highest BCUT2D eigenvalue weighted by Gasteiger charge is 2.04. The van der Waals surface area contributed by atoms with Crippen LogP contribution in [0.4, 0.5) is 4.48 Å². The summed E-state index contributed by atoms with van der Waals surface area (Å²) < 4.78 is 12.7. The molecule has 0 spiro atoms. The van der Waals surface area contributed by atoms with Crippen LogP contribution in [0.5, 0.6) is 0 Å². The fraction of sp³-hybridized carbons (Fsp3) is 0.125. The lowest BCUT2D eigenvalue weighted by Crippen LogP contribution is -2.05. The lowest BCUT2D eigenvalue weighted by atomic mass is 10.2. The van der Waals surface area contributed by atoms with Crippen LogP contribution in [0.3, 0.4) is 0 Å². The van der Waals surface area contributed by atoms with Crippen LogP contribution in [0.15, 0.2) is 41.9 Å². The van der Waals surface area contributed by atoms with Crippen LogP contribution >= 0.6 is 0 Å². The molecule has 10 heavy (non-hydrogen) atoms. The van der Waals surface area contributed by atoms with Gasteiger partial charge in [-0.15, -0.1) is 5.73 Å². The van der Waals surface area contributed by atoms with E-state index >= 15 is 0 Å². The third-order valence-electron chi connectivity index (χ3n) is 1.23. The number of rotatable bonds is 0. The van der Waals surface area contributed by atoms with Gasteiger partial charge in [-0.1, -0.05) is 17.1 Å². The maximum atomic E-state index is 12.7. The minimum atomic E-state index is 0.352. The second-order valence-electron chi connectivity index (χ2n) is 2.08. The Kier molecular flexibility index (Phi) is 1.74. The van der Waals surface area contributed by atoms with E-state index in [1.807, 2.05) is 13.0 Å². The topological polar surface area (TPSA) is 3.24 Å². The molecule has 1 nitrogen and oxygen atoms in total. The molecule has 0 N–H and O–H groups in total. The number of allylic oxidation sites excluding steroid dienone is 3. The van der Waals surface area contributed by atoms with Crippen LogP contribution < -0.4 is 0 Å². The quantitative estimate of drug-likeness (QED) is 0.366. The Morgan fingerprint density at radius 1 is 1.60 bits per heavy atom. The van der Waals surface area contributed by atoms with Crippen molar-refractivity contribution in [3.05, 3.63) is 41.9 Å². The standard InChI is InChI=1S/C8H8FN/c1-3-8-5-4-7(2)6-10(8)9/h4-6H,1H2,2H3. The summed E-state index contributed by atoms with van der Waals surface area (Å²) in [5, 5.41) is 0.502. The number of hydrogen-bond acceptors (Lipinski definition) is 1. The van der Waals surface area contributed by atoms with Gasteiger partial charge in [0.05, 0.1) is 0 Å². The molecule has 0 aliphatic carbocycles. The van der Waals surface area contributed by atoms with Crippen LogP contribution in [0, 0.1) is 0 Å². The van der Waals surface area contributed by atoms with Gasteiger partial charge in [0.25, 0.3) is 0 Å². The van der Waals surface area contributed by atoms with E-state index in [2.05, 4.69) is 12.3 Å². The molecular formula is C8H8FN.